The first-order valence-electron chi connectivity index (χ1n) is 5.58. The highest BCUT2D eigenvalue weighted by atomic mass is 35.5. The van der Waals surface area contributed by atoms with Crippen LogP contribution in [-0.4, -0.2) is 21.1 Å². The molecule has 5 nitrogen and oxygen atoms in total. The predicted molar refractivity (Wildman–Crippen MR) is 73.3 cm³/mol. The molecule has 1 aromatic carbocycles. The summed E-state index contributed by atoms with van der Waals surface area (Å²) < 4.78 is 0. The number of carbonyl (C=O) groups excluding carboxylic acids is 1. The normalized spacial score (nSPS) is 10.6. The first-order chi connectivity index (χ1) is 9.22. The number of nitrogens with zero attached hydrogens (tertiary/aromatic N) is 2. The fraction of sp³-hybridized carbons (Fsp3) is 0. The first-order valence-corrected chi connectivity index (χ1v) is 5.96. The van der Waals surface area contributed by atoms with Gasteiger partial charge in [-0.05, 0) is 30.3 Å². The molecule has 94 valence electrons. The van der Waals surface area contributed by atoms with Crippen molar-refractivity contribution in [2.45, 2.75) is 0 Å². The minimum absolute atomic E-state index is 0.278. The molecular weight excluding hydrogens is 264 g/mol. The van der Waals surface area contributed by atoms with Gasteiger partial charge in [0, 0.05) is 22.3 Å². The fourth-order valence-corrected chi connectivity index (χ4v) is 1.90. The average molecular weight is 273 g/mol. The van der Waals surface area contributed by atoms with E-state index in [0.29, 0.717) is 10.7 Å². The van der Waals surface area contributed by atoms with E-state index in [0.717, 1.165) is 10.9 Å². The molecule has 1 amide bonds. The molecule has 0 bridgehead atoms. The molecule has 2 aromatic heterocycles. The summed E-state index contributed by atoms with van der Waals surface area (Å²) in [6.45, 7) is 0. The van der Waals surface area contributed by atoms with Crippen molar-refractivity contribution in [3.8, 4) is 0 Å². The van der Waals surface area contributed by atoms with Crippen molar-refractivity contribution in [3.63, 3.8) is 0 Å². The second kappa shape index (κ2) is 4.70. The summed E-state index contributed by atoms with van der Waals surface area (Å²) in [5.41, 5.74) is 1.87. The monoisotopic (exact) mass is 272 g/mol. The number of carbonyl (C=O) groups is 1. The number of halogens is 1. The molecule has 2 heterocycles. The van der Waals surface area contributed by atoms with Crippen molar-refractivity contribution in [3.05, 3.63) is 53.4 Å². The molecule has 3 aromatic rings. The number of aromatic amines is 1. The standard InChI is InChI=1S/C13H9ClN4O/c14-9-3-4-15-12(6-9)13(19)17-10-1-2-11-8(5-10)7-16-18-11/h1-7H,(H,16,18)(H,17,19). The first kappa shape index (κ1) is 11.7. The zero-order chi connectivity index (χ0) is 13.2. The maximum atomic E-state index is 12.0. The zero-order valence-corrected chi connectivity index (χ0v) is 10.5. The average Bonchev–Trinajstić information content (AvgIpc) is 2.86. The van der Waals surface area contributed by atoms with E-state index in [-0.39, 0.29) is 11.6 Å². The van der Waals surface area contributed by atoms with Crippen molar-refractivity contribution in [2.75, 3.05) is 5.32 Å². The van der Waals surface area contributed by atoms with E-state index in [4.69, 9.17) is 11.6 Å². The van der Waals surface area contributed by atoms with Gasteiger partial charge in [-0.2, -0.15) is 5.10 Å². The number of amides is 1. The van der Waals surface area contributed by atoms with Crippen LogP contribution in [0.5, 0.6) is 0 Å². The number of anilines is 1. The summed E-state index contributed by atoms with van der Waals surface area (Å²) >= 11 is 5.82. The third kappa shape index (κ3) is 2.41. The molecule has 0 spiro atoms. The topological polar surface area (TPSA) is 70.7 Å². The van der Waals surface area contributed by atoms with E-state index in [1.54, 1.807) is 18.3 Å². The van der Waals surface area contributed by atoms with Gasteiger partial charge in [0.15, 0.2) is 0 Å². The van der Waals surface area contributed by atoms with Gasteiger partial charge in [0.2, 0.25) is 0 Å². The Morgan fingerprint density at radius 2 is 2.16 bits per heavy atom. The van der Waals surface area contributed by atoms with Crippen LogP contribution in [0, 0.1) is 0 Å². The van der Waals surface area contributed by atoms with Crippen molar-refractivity contribution in [1.82, 2.24) is 15.2 Å². The lowest BCUT2D eigenvalue weighted by atomic mass is 10.2. The maximum Gasteiger partial charge on any atom is 0.274 e. The lowest BCUT2D eigenvalue weighted by Crippen LogP contribution is -2.13. The van der Waals surface area contributed by atoms with Crippen molar-refractivity contribution in [2.24, 2.45) is 0 Å². The second-order valence-corrected chi connectivity index (χ2v) is 4.42. The van der Waals surface area contributed by atoms with Gasteiger partial charge < -0.3 is 5.32 Å². The largest absolute Gasteiger partial charge is 0.321 e. The molecule has 0 radical (unpaired) electrons. The van der Waals surface area contributed by atoms with Crippen LogP contribution in [0.15, 0.2) is 42.7 Å². The maximum absolute atomic E-state index is 12.0. The number of pyridine rings is 1. The molecule has 0 aliphatic rings. The van der Waals surface area contributed by atoms with Gasteiger partial charge >= 0.3 is 0 Å². The van der Waals surface area contributed by atoms with Crippen LogP contribution in [0.2, 0.25) is 5.02 Å². The number of hydrogen-bond donors (Lipinski definition) is 2. The van der Waals surface area contributed by atoms with Gasteiger partial charge in [-0.15, -0.1) is 0 Å². The number of aromatic nitrogens is 3. The second-order valence-electron chi connectivity index (χ2n) is 3.99. The minimum Gasteiger partial charge on any atom is -0.321 e. The molecule has 0 saturated heterocycles. The Morgan fingerprint density at radius 3 is 3.00 bits per heavy atom. The van der Waals surface area contributed by atoms with Crippen LogP contribution >= 0.6 is 11.6 Å². The molecule has 0 atom stereocenters. The molecular formula is C13H9ClN4O. The molecule has 0 fully saturated rings. The van der Waals surface area contributed by atoms with Gasteiger partial charge in [-0.3, -0.25) is 14.9 Å². The van der Waals surface area contributed by atoms with E-state index >= 15 is 0 Å². The molecule has 3 rings (SSSR count). The molecule has 0 aliphatic heterocycles. The van der Waals surface area contributed by atoms with Gasteiger partial charge in [-0.25, -0.2) is 0 Å². The summed E-state index contributed by atoms with van der Waals surface area (Å²) in [5.74, 6) is -0.301. The van der Waals surface area contributed by atoms with E-state index in [1.165, 1.54) is 12.3 Å². The predicted octanol–water partition coefficient (Wildman–Crippen LogP) is 2.86. The van der Waals surface area contributed by atoms with E-state index in [2.05, 4.69) is 20.5 Å². The highest BCUT2D eigenvalue weighted by molar-refractivity contribution is 6.30. The van der Waals surface area contributed by atoms with Crippen LogP contribution < -0.4 is 5.32 Å². The Morgan fingerprint density at radius 1 is 1.26 bits per heavy atom. The molecule has 2 N–H and O–H groups in total. The van der Waals surface area contributed by atoms with Gasteiger partial charge in [-0.1, -0.05) is 11.6 Å². The van der Waals surface area contributed by atoms with Crippen LogP contribution in [0.1, 0.15) is 10.5 Å². The summed E-state index contributed by atoms with van der Waals surface area (Å²) in [6.07, 6.45) is 3.19. The molecule has 0 unspecified atom stereocenters. The van der Waals surface area contributed by atoms with Crippen molar-refractivity contribution in [1.29, 1.82) is 0 Å². The van der Waals surface area contributed by atoms with Crippen LogP contribution in [0.4, 0.5) is 5.69 Å². The van der Waals surface area contributed by atoms with Crippen LogP contribution in [-0.2, 0) is 0 Å². The number of nitrogens with one attached hydrogen (secondary N) is 2. The third-order valence-corrected chi connectivity index (χ3v) is 2.89. The van der Waals surface area contributed by atoms with Gasteiger partial charge in [0.1, 0.15) is 5.69 Å². The Balaban J connectivity index is 1.86. The highest BCUT2D eigenvalue weighted by Gasteiger charge is 2.08. The zero-order valence-electron chi connectivity index (χ0n) is 9.72. The SMILES string of the molecule is O=C(Nc1ccc2[nH]ncc2c1)c1cc(Cl)ccn1. The highest BCUT2D eigenvalue weighted by Crippen LogP contribution is 2.17. The molecule has 0 aliphatic carbocycles. The van der Waals surface area contributed by atoms with Gasteiger partial charge in [0.05, 0.1) is 11.7 Å². The Kier molecular flexibility index (Phi) is 2.89. The molecule has 6 heteroatoms. The number of H-pyrrole nitrogens is 1. The number of fused-ring (bicyclic) bond motifs is 1. The third-order valence-electron chi connectivity index (χ3n) is 2.65. The lowest BCUT2D eigenvalue weighted by molar-refractivity contribution is 0.102. The number of hydrogen-bond acceptors (Lipinski definition) is 3. The van der Waals surface area contributed by atoms with E-state index < -0.39 is 0 Å². The Labute approximate surface area is 113 Å². The van der Waals surface area contributed by atoms with E-state index in [1.807, 2.05) is 12.1 Å². The Bertz CT molecular complexity index is 753. The molecule has 19 heavy (non-hydrogen) atoms. The minimum atomic E-state index is -0.301. The van der Waals surface area contributed by atoms with Crippen LogP contribution in [0.25, 0.3) is 10.9 Å². The van der Waals surface area contributed by atoms with Crippen molar-refractivity contribution < 1.29 is 4.79 Å². The number of rotatable bonds is 2. The van der Waals surface area contributed by atoms with Crippen molar-refractivity contribution >= 4 is 34.1 Å². The number of benzene rings is 1. The summed E-state index contributed by atoms with van der Waals surface area (Å²) in [5, 5.41) is 10.9. The fourth-order valence-electron chi connectivity index (χ4n) is 1.74. The van der Waals surface area contributed by atoms with E-state index in [9.17, 15) is 4.79 Å². The van der Waals surface area contributed by atoms with Gasteiger partial charge in [0.25, 0.3) is 5.91 Å². The smallest absolute Gasteiger partial charge is 0.274 e. The van der Waals surface area contributed by atoms with Crippen LogP contribution in [0.3, 0.4) is 0 Å². The quantitative estimate of drug-likeness (QED) is 0.753. The molecule has 0 saturated carbocycles. The summed E-state index contributed by atoms with van der Waals surface area (Å²) in [4.78, 5) is 16.0. The Hall–Kier alpha value is -2.40. The summed E-state index contributed by atoms with van der Waals surface area (Å²) in [7, 11) is 0. The summed E-state index contributed by atoms with van der Waals surface area (Å²) in [6, 6.07) is 8.62. The lowest BCUT2D eigenvalue weighted by Gasteiger charge is -2.04.